The highest BCUT2D eigenvalue weighted by molar-refractivity contribution is 6.35. The molecule has 0 spiro atoms. The van der Waals surface area contributed by atoms with Gasteiger partial charge in [0.1, 0.15) is 17.7 Å². The standard InChI is InChI=1S/C30H21ClF7N5O2/c1-42-26-20(12-39)25(27(44)19-10-16(32)5-6-21(19)31)22(41-28(45)14-7-15(30(36,37)38)9-17(33)8-14)11-23(26)43(13-24(34)35)29(42)40-18-3-2-4-18/h5-11,18,24H,2-4,13H2,1H3,(H,41,45). The van der Waals surface area contributed by atoms with Crippen molar-refractivity contribution in [1.82, 2.24) is 9.13 Å². The lowest BCUT2D eigenvalue weighted by molar-refractivity contribution is -0.137. The lowest BCUT2D eigenvalue weighted by atomic mass is 9.94. The second-order valence-electron chi connectivity index (χ2n) is 10.4. The Morgan fingerprint density at radius 2 is 1.82 bits per heavy atom. The number of carbonyl (C=O) groups excluding carboxylic acids is 2. The van der Waals surface area contributed by atoms with Gasteiger partial charge < -0.3 is 14.5 Å². The number of nitrogens with one attached hydrogen (secondary N) is 1. The van der Waals surface area contributed by atoms with E-state index in [1.54, 1.807) is 0 Å². The summed E-state index contributed by atoms with van der Waals surface area (Å²) in [5, 5.41) is 12.3. The van der Waals surface area contributed by atoms with Crippen LogP contribution in [0.2, 0.25) is 5.02 Å². The minimum atomic E-state index is -5.01. The monoisotopic (exact) mass is 651 g/mol. The van der Waals surface area contributed by atoms with Gasteiger partial charge in [-0.2, -0.15) is 18.4 Å². The number of rotatable bonds is 7. The van der Waals surface area contributed by atoms with Gasteiger partial charge in [0.2, 0.25) is 5.62 Å². The number of benzene rings is 3. The lowest BCUT2D eigenvalue weighted by Gasteiger charge is -2.20. The predicted molar refractivity (Wildman–Crippen MR) is 149 cm³/mol. The number of ketones is 1. The third-order valence-corrected chi connectivity index (χ3v) is 7.72. The number of amides is 1. The number of fused-ring (bicyclic) bond motifs is 1. The van der Waals surface area contributed by atoms with Crippen molar-refractivity contribution in [2.75, 3.05) is 5.32 Å². The Kier molecular flexibility index (Phi) is 8.50. The molecule has 5 rings (SSSR count). The average molecular weight is 652 g/mol. The number of hydrogen-bond acceptors (Lipinski definition) is 4. The third-order valence-electron chi connectivity index (χ3n) is 7.39. The van der Waals surface area contributed by atoms with Crippen LogP contribution in [0, 0.1) is 23.0 Å². The number of carbonyl (C=O) groups is 2. The number of imidazole rings is 1. The molecule has 4 aromatic rings. The number of nitriles is 1. The molecule has 1 heterocycles. The summed E-state index contributed by atoms with van der Waals surface area (Å²) in [5.74, 6) is -4.64. The lowest BCUT2D eigenvalue weighted by Crippen LogP contribution is -2.30. The fourth-order valence-electron chi connectivity index (χ4n) is 5.07. The van der Waals surface area contributed by atoms with Crippen LogP contribution in [0.15, 0.2) is 47.5 Å². The van der Waals surface area contributed by atoms with E-state index in [1.165, 1.54) is 11.6 Å². The SMILES string of the molecule is Cn1c(=NC2CCC2)n(CC(F)F)c2cc(NC(=O)c3cc(F)cc(C(F)(F)F)c3)c(C(=O)c3cc(F)ccc3Cl)c(C#N)c21. The summed E-state index contributed by atoms with van der Waals surface area (Å²) >= 11 is 6.17. The number of aryl methyl sites for hydroxylation is 1. The number of halogens is 8. The number of hydrogen-bond donors (Lipinski definition) is 1. The van der Waals surface area contributed by atoms with Gasteiger partial charge in [0.15, 0.2) is 5.78 Å². The molecule has 0 saturated heterocycles. The van der Waals surface area contributed by atoms with E-state index in [9.17, 15) is 45.6 Å². The van der Waals surface area contributed by atoms with E-state index in [0.717, 1.165) is 35.3 Å². The van der Waals surface area contributed by atoms with Crippen molar-refractivity contribution >= 4 is 40.0 Å². The van der Waals surface area contributed by atoms with Crippen LogP contribution < -0.4 is 10.9 Å². The molecule has 1 fully saturated rings. The van der Waals surface area contributed by atoms with E-state index in [1.807, 2.05) is 6.07 Å². The second kappa shape index (κ2) is 12.0. The highest BCUT2D eigenvalue weighted by Crippen LogP contribution is 2.35. The zero-order valence-corrected chi connectivity index (χ0v) is 23.9. The Bertz CT molecular complexity index is 1970. The van der Waals surface area contributed by atoms with Crippen molar-refractivity contribution < 1.29 is 40.3 Å². The first-order chi connectivity index (χ1) is 21.2. The van der Waals surface area contributed by atoms with Crippen molar-refractivity contribution in [3.8, 4) is 6.07 Å². The van der Waals surface area contributed by atoms with E-state index >= 15 is 0 Å². The third kappa shape index (κ3) is 6.17. The van der Waals surface area contributed by atoms with Gasteiger partial charge in [0.25, 0.3) is 12.3 Å². The Labute approximate surface area is 255 Å². The summed E-state index contributed by atoms with van der Waals surface area (Å²) in [4.78, 5) is 31.7. The smallest absolute Gasteiger partial charge is 0.321 e. The predicted octanol–water partition coefficient (Wildman–Crippen LogP) is 7.00. The molecule has 1 aliphatic rings. The minimum absolute atomic E-state index is 0.0322. The number of aromatic nitrogens is 2. The number of anilines is 1. The van der Waals surface area contributed by atoms with Crippen LogP contribution in [0.3, 0.4) is 0 Å². The molecule has 3 aromatic carbocycles. The maximum Gasteiger partial charge on any atom is 0.416 e. The van der Waals surface area contributed by atoms with Crippen molar-refractivity contribution in [3.63, 3.8) is 0 Å². The summed E-state index contributed by atoms with van der Waals surface area (Å²) in [6.07, 6.45) is -5.66. The van der Waals surface area contributed by atoms with E-state index in [4.69, 9.17) is 11.6 Å². The summed E-state index contributed by atoms with van der Waals surface area (Å²) in [5.41, 5.74) is -4.26. The van der Waals surface area contributed by atoms with Crippen molar-refractivity contribution in [2.24, 2.45) is 12.0 Å². The molecule has 1 amide bonds. The molecule has 1 N–H and O–H groups in total. The molecular weight excluding hydrogens is 631 g/mol. The molecule has 0 atom stereocenters. The first-order valence-corrected chi connectivity index (χ1v) is 13.7. The van der Waals surface area contributed by atoms with Crippen molar-refractivity contribution in [3.05, 3.63) is 92.6 Å². The molecule has 15 heteroatoms. The normalized spacial score (nSPS) is 14.1. The van der Waals surface area contributed by atoms with Crippen LogP contribution in [-0.4, -0.2) is 33.3 Å². The van der Waals surface area contributed by atoms with E-state index in [2.05, 4.69) is 10.3 Å². The Morgan fingerprint density at radius 1 is 1.11 bits per heavy atom. The topological polar surface area (TPSA) is 92.2 Å². The molecule has 45 heavy (non-hydrogen) atoms. The fourth-order valence-corrected chi connectivity index (χ4v) is 5.28. The largest absolute Gasteiger partial charge is 0.416 e. The van der Waals surface area contributed by atoms with Gasteiger partial charge in [0.05, 0.1) is 51.0 Å². The Balaban J connectivity index is 1.81. The van der Waals surface area contributed by atoms with Crippen LogP contribution in [0.25, 0.3) is 11.0 Å². The fraction of sp³-hybridized carbons (Fsp3) is 0.267. The van der Waals surface area contributed by atoms with Gasteiger partial charge in [-0.15, -0.1) is 0 Å². The van der Waals surface area contributed by atoms with E-state index in [0.29, 0.717) is 25.0 Å². The van der Waals surface area contributed by atoms with E-state index in [-0.39, 0.29) is 33.8 Å². The number of nitrogens with zero attached hydrogens (tertiary/aromatic N) is 4. The first kappa shape index (κ1) is 31.8. The molecule has 7 nitrogen and oxygen atoms in total. The molecule has 1 aromatic heterocycles. The van der Waals surface area contributed by atoms with Gasteiger partial charge >= 0.3 is 6.18 Å². The maximum atomic E-state index is 14.2. The molecule has 0 unspecified atom stereocenters. The molecule has 1 saturated carbocycles. The summed E-state index contributed by atoms with van der Waals surface area (Å²) < 4.78 is 98.5. The van der Waals surface area contributed by atoms with Crippen LogP contribution in [0.5, 0.6) is 0 Å². The molecular formula is C30H21ClF7N5O2. The van der Waals surface area contributed by atoms with Crippen LogP contribution in [0.1, 0.15) is 56.7 Å². The van der Waals surface area contributed by atoms with Gasteiger partial charge in [-0.05, 0) is 61.7 Å². The molecule has 0 bridgehead atoms. The van der Waals surface area contributed by atoms with Crippen LogP contribution in [-0.2, 0) is 19.8 Å². The minimum Gasteiger partial charge on any atom is -0.321 e. The first-order valence-electron chi connectivity index (χ1n) is 13.4. The van der Waals surface area contributed by atoms with Gasteiger partial charge in [0, 0.05) is 18.2 Å². The number of alkyl halides is 5. The van der Waals surface area contributed by atoms with Crippen molar-refractivity contribution in [2.45, 2.75) is 44.5 Å². The Hall–Kier alpha value is -4.64. The zero-order valence-electron chi connectivity index (χ0n) is 23.2. The van der Waals surface area contributed by atoms with Crippen LogP contribution >= 0.6 is 11.6 Å². The quantitative estimate of drug-likeness (QED) is 0.172. The second-order valence-corrected chi connectivity index (χ2v) is 10.8. The molecule has 234 valence electrons. The molecule has 0 aliphatic heterocycles. The Morgan fingerprint density at radius 3 is 2.42 bits per heavy atom. The van der Waals surface area contributed by atoms with Gasteiger partial charge in [-0.25, -0.2) is 22.6 Å². The van der Waals surface area contributed by atoms with Gasteiger partial charge in [-0.1, -0.05) is 11.6 Å². The van der Waals surface area contributed by atoms with Crippen molar-refractivity contribution in [1.29, 1.82) is 5.26 Å². The summed E-state index contributed by atoms with van der Waals surface area (Å²) in [6.45, 7) is -0.900. The average Bonchev–Trinajstić information content (AvgIpc) is 3.19. The van der Waals surface area contributed by atoms with Crippen LogP contribution in [0.4, 0.5) is 36.4 Å². The highest BCUT2D eigenvalue weighted by Gasteiger charge is 2.33. The summed E-state index contributed by atoms with van der Waals surface area (Å²) in [6, 6.07) is 6.65. The maximum absolute atomic E-state index is 14.2. The zero-order chi connectivity index (χ0) is 32.8. The molecule has 1 aliphatic carbocycles. The van der Waals surface area contributed by atoms with E-state index < -0.39 is 76.0 Å². The molecule has 0 radical (unpaired) electrons. The summed E-state index contributed by atoms with van der Waals surface area (Å²) in [7, 11) is 1.44. The van der Waals surface area contributed by atoms with Gasteiger partial charge in [-0.3, -0.25) is 9.59 Å². The highest BCUT2D eigenvalue weighted by atomic mass is 35.5.